The smallest absolute Gasteiger partial charge is 0.258 e. The predicted octanol–water partition coefficient (Wildman–Crippen LogP) is -0.119. The van der Waals surface area contributed by atoms with Crippen molar-refractivity contribution in [2.75, 3.05) is 23.4 Å². The Kier molecular flexibility index (Phi) is 3.94. The fourth-order valence-corrected chi connectivity index (χ4v) is 1.71. The minimum absolute atomic E-state index is 0.181. The third-order valence-electron chi connectivity index (χ3n) is 2.67. The van der Waals surface area contributed by atoms with Gasteiger partial charge in [0.05, 0.1) is 18.4 Å². The zero-order chi connectivity index (χ0) is 13.8. The molecule has 2 rings (SSSR count). The zero-order valence-electron chi connectivity index (χ0n) is 10.1. The van der Waals surface area contributed by atoms with Crippen LogP contribution in [0.1, 0.15) is 0 Å². The Labute approximate surface area is 110 Å². The zero-order valence-corrected chi connectivity index (χ0v) is 10.1. The minimum Gasteiger partial charge on any atom is -0.394 e. The van der Waals surface area contributed by atoms with E-state index in [1.54, 1.807) is 24.3 Å². The van der Waals surface area contributed by atoms with Gasteiger partial charge in [-0.1, -0.05) is 6.07 Å². The summed E-state index contributed by atoms with van der Waals surface area (Å²) in [6.45, 7) is -0.153. The molecule has 0 bridgehead atoms. The van der Waals surface area contributed by atoms with E-state index in [0.29, 0.717) is 11.4 Å². The molecule has 1 aromatic rings. The van der Waals surface area contributed by atoms with Gasteiger partial charge in [0.25, 0.3) is 11.8 Å². The van der Waals surface area contributed by atoms with Gasteiger partial charge in [-0.15, -0.1) is 0 Å². The maximum Gasteiger partial charge on any atom is 0.258 e. The first-order valence-electron chi connectivity index (χ1n) is 5.81. The lowest BCUT2D eigenvalue weighted by molar-refractivity contribution is -0.119. The molecule has 6 nitrogen and oxygen atoms in total. The number of hydrogen-bond acceptors (Lipinski definition) is 5. The second-order valence-electron chi connectivity index (χ2n) is 4.11. The summed E-state index contributed by atoms with van der Waals surface area (Å²) in [6, 6.07) is 6.72. The summed E-state index contributed by atoms with van der Waals surface area (Å²) in [7, 11) is 0. The lowest BCUT2D eigenvalue weighted by Gasteiger charge is -2.16. The third-order valence-corrected chi connectivity index (χ3v) is 2.67. The van der Waals surface area contributed by atoms with E-state index in [-0.39, 0.29) is 25.0 Å². The number of amides is 2. The highest BCUT2D eigenvalue weighted by atomic mass is 16.3. The maximum atomic E-state index is 11.5. The van der Waals surface area contributed by atoms with Crippen LogP contribution in [0.5, 0.6) is 0 Å². The lowest BCUT2D eigenvalue weighted by Crippen LogP contribution is -2.29. The molecule has 0 spiro atoms. The van der Waals surface area contributed by atoms with Crippen LogP contribution in [0.2, 0.25) is 0 Å². The fourth-order valence-electron chi connectivity index (χ4n) is 1.71. The molecule has 1 unspecified atom stereocenters. The van der Waals surface area contributed by atoms with Crippen molar-refractivity contribution < 1.29 is 19.8 Å². The summed E-state index contributed by atoms with van der Waals surface area (Å²) in [4.78, 5) is 24.1. The average molecular weight is 262 g/mol. The Bertz CT molecular complexity index is 509. The van der Waals surface area contributed by atoms with Crippen LogP contribution in [0.15, 0.2) is 36.4 Å². The van der Waals surface area contributed by atoms with Crippen molar-refractivity contribution in [3.05, 3.63) is 36.4 Å². The first kappa shape index (κ1) is 13.3. The number of hydrogen-bond donors (Lipinski definition) is 3. The Morgan fingerprint density at radius 3 is 2.53 bits per heavy atom. The third kappa shape index (κ3) is 2.98. The van der Waals surface area contributed by atoms with Crippen molar-refractivity contribution in [1.29, 1.82) is 0 Å². The van der Waals surface area contributed by atoms with Crippen LogP contribution < -0.4 is 10.2 Å². The highest BCUT2D eigenvalue weighted by Crippen LogP contribution is 2.22. The van der Waals surface area contributed by atoms with Crippen molar-refractivity contribution in [3.63, 3.8) is 0 Å². The van der Waals surface area contributed by atoms with E-state index < -0.39 is 6.10 Å². The molecule has 100 valence electrons. The van der Waals surface area contributed by atoms with Gasteiger partial charge < -0.3 is 15.5 Å². The molecule has 0 saturated heterocycles. The fraction of sp³-hybridized carbons (Fsp3) is 0.231. The number of imide groups is 1. The van der Waals surface area contributed by atoms with Crippen molar-refractivity contribution in [2.45, 2.75) is 6.10 Å². The topological polar surface area (TPSA) is 89.9 Å². The number of rotatable bonds is 5. The Balaban J connectivity index is 2.11. The summed E-state index contributed by atoms with van der Waals surface area (Å²) in [5, 5.41) is 20.9. The second kappa shape index (κ2) is 5.64. The molecule has 0 aliphatic carbocycles. The maximum absolute atomic E-state index is 11.5. The molecule has 1 atom stereocenters. The van der Waals surface area contributed by atoms with E-state index in [4.69, 9.17) is 5.11 Å². The van der Waals surface area contributed by atoms with Crippen molar-refractivity contribution >= 4 is 23.2 Å². The van der Waals surface area contributed by atoms with Gasteiger partial charge >= 0.3 is 0 Å². The number of nitrogens with zero attached hydrogens (tertiary/aromatic N) is 1. The van der Waals surface area contributed by atoms with E-state index in [2.05, 4.69) is 5.32 Å². The van der Waals surface area contributed by atoms with E-state index in [1.165, 1.54) is 12.2 Å². The molecule has 19 heavy (non-hydrogen) atoms. The van der Waals surface area contributed by atoms with Crippen molar-refractivity contribution in [3.8, 4) is 0 Å². The first-order chi connectivity index (χ1) is 9.11. The van der Waals surface area contributed by atoms with Crippen LogP contribution in [0.25, 0.3) is 0 Å². The number of benzene rings is 1. The number of aliphatic hydroxyl groups excluding tert-OH is 2. The molecule has 2 amide bonds. The first-order valence-corrected chi connectivity index (χ1v) is 5.81. The monoisotopic (exact) mass is 262 g/mol. The van der Waals surface area contributed by atoms with E-state index in [0.717, 1.165) is 4.90 Å². The molecule has 1 aliphatic rings. The van der Waals surface area contributed by atoms with Crippen LogP contribution in [0.4, 0.5) is 11.4 Å². The van der Waals surface area contributed by atoms with Gasteiger partial charge in [0.15, 0.2) is 0 Å². The highest BCUT2D eigenvalue weighted by molar-refractivity contribution is 6.28. The molecular formula is C13H14N2O4. The normalized spacial score (nSPS) is 16.0. The second-order valence-corrected chi connectivity index (χ2v) is 4.11. The summed E-state index contributed by atoms with van der Waals surface area (Å²) in [5.41, 5.74) is 1.11. The molecule has 3 N–H and O–H groups in total. The summed E-state index contributed by atoms with van der Waals surface area (Å²) < 4.78 is 0. The van der Waals surface area contributed by atoms with E-state index >= 15 is 0 Å². The number of aliphatic hydroxyl groups is 2. The molecule has 1 aromatic carbocycles. The lowest BCUT2D eigenvalue weighted by atomic mass is 10.2. The van der Waals surface area contributed by atoms with Gasteiger partial charge in [0.2, 0.25) is 0 Å². The van der Waals surface area contributed by atoms with Crippen LogP contribution in [-0.4, -0.2) is 41.3 Å². The number of carbonyl (C=O) groups is 2. The molecule has 1 heterocycles. The SMILES string of the molecule is O=C1C=CC(=O)N1c1cccc(NCC(O)CO)c1. The average Bonchev–Trinajstić information content (AvgIpc) is 2.75. The molecular weight excluding hydrogens is 248 g/mol. The van der Waals surface area contributed by atoms with Crippen LogP contribution in [0, 0.1) is 0 Å². The molecule has 1 aliphatic heterocycles. The molecule has 0 aromatic heterocycles. The summed E-state index contributed by atoms with van der Waals surface area (Å²) in [5.74, 6) is -0.755. The predicted molar refractivity (Wildman–Crippen MR) is 69.7 cm³/mol. The minimum atomic E-state index is -0.861. The van der Waals surface area contributed by atoms with Crippen LogP contribution in [-0.2, 0) is 9.59 Å². The van der Waals surface area contributed by atoms with Crippen molar-refractivity contribution in [1.82, 2.24) is 0 Å². The van der Waals surface area contributed by atoms with E-state index in [1.807, 2.05) is 0 Å². The quantitative estimate of drug-likeness (QED) is 0.644. The number of carbonyl (C=O) groups excluding carboxylic acids is 2. The molecule has 0 radical (unpaired) electrons. The van der Waals surface area contributed by atoms with Gasteiger partial charge in [-0.25, -0.2) is 4.90 Å². The standard InChI is InChI=1S/C13H14N2O4/c16-8-11(17)7-14-9-2-1-3-10(6-9)15-12(18)4-5-13(15)19/h1-6,11,14,16-17H,7-8H2. The van der Waals surface area contributed by atoms with Crippen LogP contribution >= 0.6 is 0 Å². The van der Waals surface area contributed by atoms with Crippen molar-refractivity contribution in [2.24, 2.45) is 0 Å². The number of nitrogens with one attached hydrogen (secondary N) is 1. The van der Waals surface area contributed by atoms with Gasteiger partial charge in [-0.3, -0.25) is 9.59 Å². The molecule has 6 heteroatoms. The largest absolute Gasteiger partial charge is 0.394 e. The van der Waals surface area contributed by atoms with Gasteiger partial charge in [-0.2, -0.15) is 0 Å². The summed E-state index contributed by atoms with van der Waals surface area (Å²) in [6.07, 6.45) is 1.58. The molecule has 0 saturated carbocycles. The number of anilines is 2. The van der Waals surface area contributed by atoms with Gasteiger partial charge in [0, 0.05) is 24.4 Å². The van der Waals surface area contributed by atoms with E-state index in [9.17, 15) is 14.7 Å². The summed E-state index contributed by atoms with van der Waals surface area (Å²) >= 11 is 0. The Morgan fingerprint density at radius 1 is 1.21 bits per heavy atom. The Morgan fingerprint density at radius 2 is 1.89 bits per heavy atom. The Hall–Kier alpha value is -2.18. The van der Waals surface area contributed by atoms with Crippen LogP contribution in [0.3, 0.4) is 0 Å². The van der Waals surface area contributed by atoms with Gasteiger partial charge in [0.1, 0.15) is 0 Å². The highest BCUT2D eigenvalue weighted by Gasteiger charge is 2.25. The molecule has 0 fully saturated rings. The van der Waals surface area contributed by atoms with Gasteiger partial charge in [-0.05, 0) is 18.2 Å².